The van der Waals surface area contributed by atoms with Gasteiger partial charge < -0.3 is 31.2 Å². The Morgan fingerprint density at radius 2 is 1.25 bits per heavy atom. The summed E-state index contributed by atoms with van der Waals surface area (Å²) >= 11 is 5.61. The normalized spacial score (nSPS) is 12.1. The summed E-state index contributed by atoms with van der Waals surface area (Å²) in [7, 11) is 0. The van der Waals surface area contributed by atoms with Gasteiger partial charge in [0.25, 0.3) is 0 Å². The number of nitrogens with two attached hydrogens (primary N) is 2. The van der Waals surface area contributed by atoms with Crippen LogP contribution in [-0.2, 0) is 15.5 Å². The predicted molar refractivity (Wildman–Crippen MR) is 105 cm³/mol. The molecule has 152 valence electrons. The highest BCUT2D eigenvalue weighted by atomic mass is 35.5. The molecule has 0 saturated carbocycles. The van der Waals surface area contributed by atoms with Gasteiger partial charge in [-0.05, 0) is 29.8 Å². The van der Waals surface area contributed by atoms with Gasteiger partial charge in [-0.3, -0.25) is 9.59 Å². The molecule has 0 unspecified atom stereocenters. The molecule has 2 rings (SSSR count). The topological polar surface area (TPSA) is 145 Å². The molecule has 6 N–H and O–H groups in total. The van der Waals surface area contributed by atoms with Crippen LogP contribution in [0.15, 0.2) is 54.6 Å². The second-order valence-electron chi connectivity index (χ2n) is 5.60. The molecule has 0 bridgehead atoms. The minimum atomic E-state index is -1.08. The van der Waals surface area contributed by atoms with Crippen molar-refractivity contribution in [2.24, 2.45) is 11.5 Å². The van der Waals surface area contributed by atoms with Crippen LogP contribution in [0.2, 0.25) is 0 Å². The minimum absolute atomic E-state index is 0.0145. The van der Waals surface area contributed by atoms with E-state index in [1.807, 2.05) is 30.3 Å². The van der Waals surface area contributed by atoms with E-state index >= 15 is 0 Å². The van der Waals surface area contributed by atoms with Crippen molar-refractivity contribution in [1.29, 1.82) is 0 Å². The molecule has 9 heteroatoms. The van der Waals surface area contributed by atoms with Crippen molar-refractivity contribution < 1.29 is 29.3 Å². The quantitative estimate of drug-likeness (QED) is 0.457. The second-order valence-corrected chi connectivity index (χ2v) is 5.87. The molecule has 2 aromatic rings. The molecule has 0 aliphatic carbocycles. The van der Waals surface area contributed by atoms with Crippen LogP contribution in [-0.4, -0.2) is 47.4 Å². The molecule has 0 aromatic heterocycles. The SMILES string of the molecule is N[C@@H](COc1ccc(CCl)cc1)C(=O)O.N[C@@H](COc1ccccc1)C(=O)O. The van der Waals surface area contributed by atoms with E-state index in [2.05, 4.69) is 0 Å². The van der Waals surface area contributed by atoms with E-state index in [1.165, 1.54) is 0 Å². The van der Waals surface area contributed by atoms with Crippen molar-refractivity contribution in [2.45, 2.75) is 18.0 Å². The fourth-order valence-electron chi connectivity index (χ4n) is 1.71. The Balaban J connectivity index is 0.000000283. The van der Waals surface area contributed by atoms with Gasteiger partial charge in [0.05, 0.1) is 0 Å². The van der Waals surface area contributed by atoms with Gasteiger partial charge in [-0.2, -0.15) is 0 Å². The number of hydrogen-bond acceptors (Lipinski definition) is 6. The Bertz CT molecular complexity index is 727. The lowest BCUT2D eigenvalue weighted by Gasteiger charge is -2.09. The van der Waals surface area contributed by atoms with E-state index in [0.29, 0.717) is 17.4 Å². The van der Waals surface area contributed by atoms with Crippen molar-refractivity contribution in [3.05, 3.63) is 60.2 Å². The lowest BCUT2D eigenvalue weighted by Crippen LogP contribution is -2.36. The van der Waals surface area contributed by atoms with Crippen molar-refractivity contribution in [1.82, 2.24) is 0 Å². The van der Waals surface area contributed by atoms with Gasteiger partial charge in [0.1, 0.15) is 36.8 Å². The van der Waals surface area contributed by atoms with E-state index in [4.69, 9.17) is 42.8 Å². The number of carbonyl (C=O) groups is 2. The van der Waals surface area contributed by atoms with Gasteiger partial charge in [-0.15, -0.1) is 11.6 Å². The van der Waals surface area contributed by atoms with E-state index in [1.54, 1.807) is 24.3 Å². The molecule has 2 aromatic carbocycles. The van der Waals surface area contributed by atoms with Gasteiger partial charge in [0, 0.05) is 5.88 Å². The molecule has 8 nitrogen and oxygen atoms in total. The summed E-state index contributed by atoms with van der Waals surface area (Å²) in [4.78, 5) is 20.7. The highest BCUT2D eigenvalue weighted by Gasteiger charge is 2.12. The summed E-state index contributed by atoms with van der Waals surface area (Å²) < 4.78 is 10.3. The van der Waals surface area contributed by atoms with Crippen molar-refractivity contribution >= 4 is 23.5 Å². The van der Waals surface area contributed by atoms with Crippen molar-refractivity contribution in [3.63, 3.8) is 0 Å². The lowest BCUT2D eigenvalue weighted by atomic mass is 10.2. The highest BCUT2D eigenvalue weighted by molar-refractivity contribution is 6.17. The maximum absolute atomic E-state index is 10.4. The molecular weight excluding hydrogens is 388 g/mol. The average Bonchev–Trinajstić information content (AvgIpc) is 2.71. The van der Waals surface area contributed by atoms with Crippen LogP contribution in [0, 0.1) is 0 Å². The number of ether oxygens (including phenoxy) is 2. The van der Waals surface area contributed by atoms with Gasteiger partial charge in [0.2, 0.25) is 0 Å². The Kier molecular flexibility index (Phi) is 10.4. The zero-order valence-corrected chi connectivity index (χ0v) is 15.8. The molecule has 0 aliphatic heterocycles. The van der Waals surface area contributed by atoms with Crippen LogP contribution in [0.25, 0.3) is 0 Å². The van der Waals surface area contributed by atoms with Gasteiger partial charge in [-0.25, -0.2) is 0 Å². The van der Waals surface area contributed by atoms with Crippen LogP contribution in [0.3, 0.4) is 0 Å². The van der Waals surface area contributed by atoms with Crippen LogP contribution in [0.5, 0.6) is 11.5 Å². The first-order chi connectivity index (χ1) is 13.3. The molecule has 0 spiro atoms. The molecule has 0 radical (unpaired) electrons. The third-order valence-corrected chi connectivity index (χ3v) is 3.62. The number of rotatable bonds is 9. The molecule has 0 saturated heterocycles. The lowest BCUT2D eigenvalue weighted by molar-refractivity contribution is -0.140. The zero-order chi connectivity index (χ0) is 20.9. The number of benzene rings is 2. The zero-order valence-electron chi connectivity index (χ0n) is 15.0. The molecule has 0 heterocycles. The van der Waals surface area contributed by atoms with Gasteiger partial charge in [-0.1, -0.05) is 30.3 Å². The minimum Gasteiger partial charge on any atom is -0.491 e. The maximum Gasteiger partial charge on any atom is 0.324 e. The fourth-order valence-corrected chi connectivity index (χ4v) is 1.88. The summed E-state index contributed by atoms with van der Waals surface area (Å²) in [6.07, 6.45) is 0. The number of carboxylic acids is 2. The number of aliphatic carboxylic acids is 2. The Morgan fingerprint density at radius 3 is 1.64 bits per heavy atom. The standard InChI is InChI=1S/C10H12ClNO3.C9H11NO3/c11-5-7-1-3-8(4-2-7)15-6-9(12)10(13)14;10-8(9(11)12)6-13-7-4-2-1-3-5-7/h1-4,9H,5-6,12H2,(H,13,14);1-5,8H,6,10H2,(H,11,12)/t9-;8-/m00/s1. The molecular formula is C19H23ClN2O6. The third kappa shape index (κ3) is 9.22. The summed E-state index contributed by atoms with van der Waals surface area (Å²) in [5, 5.41) is 17.0. The highest BCUT2D eigenvalue weighted by Crippen LogP contribution is 2.13. The largest absolute Gasteiger partial charge is 0.491 e. The summed E-state index contributed by atoms with van der Waals surface area (Å²) in [5.74, 6) is -0.488. The van der Waals surface area contributed by atoms with Gasteiger partial charge >= 0.3 is 11.9 Å². The van der Waals surface area contributed by atoms with Crippen molar-refractivity contribution in [3.8, 4) is 11.5 Å². The summed E-state index contributed by atoms with van der Waals surface area (Å²) in [6.45, 7) is -0.0606. The summed E-state index contributed by atoms with van der Waals surface area (Å²) in [5.41, 5.74) is 11.5. The monoisotopic (exact) mass is 410 g/mol. The first-order valence-electron chi connectivity index (χ1n) is 8.25. The number of hydrogen-bond donors (Lipinski definition) is 4. The van der Waals surface area contributed by atoms with Gasteiger partial charge in [0.15, 0.2) is 0 Å². The first-order valence-corrected chi connectivity index (χ1v) is 8.79. The van der Waals surface area contributed by atoms with E-state index in [-0.39, 0.29) is 13.2 Å². The van der Waals surface area contributed by atoms with Crippen LogP contribution >= 0.6 is 11.6 Å². The van der Waals surface area contributed by atoms with Crippen molar-refractivity contribution in [2.75, 3.05) is 13.2 Å². The van der Waals surface area contributed by atoms with Crippen LogP contribution in [0.1, 0.15) is 5.56 Å². The number of para-hydroxylation sites is 1. The number of carboxylic acid groups (broad SMARTS) is 2. The number of alkyl halides is 1. The third-order valence-electron chi connectivity index (χ3n) is 3.31. The molecule has 0 amide bonds. The molecule has 2 atom stereocenters. The van der Waals surface area contributed by atoms with Crippen LogP contribution < -0.4 is 20.9 Å². The predicted octanol–water partition coefficient (Wildman–Crippen LogP) is 1.69. The van der Waals surface area contributed by atoms with Crippen LogP contribution in [0.4, 0.5) is 0 Å². The smallest absolute Gasteiger partial charge is 0.324 e. The molecule has 28 heavy (non-hydrogen) atoms. The van der Waals surface area contributed by atoms with E-state index in [0.717, 1.165) is 5.56 Å². The molecule has 0 fully saturated rings. The summed E-state index contributed by atoms with van der Waals surface area (Å²) in [6, 6.07) is 14.1. The molecule has 0 aliphatic rings. The Morgan fingerprint density at radius 1 is 0.821 bits per heavy atom. The Hall–Kier alpha value is -2.81. The average molecular weight is 411 g/mol. The second kappa shape index (κ2) is 12.6. The van der Waals surface area contributed by atoms with E-state index in [9.17, 15) is 9.59 Å². The van der Waals surface area contributed by atoms with E-state index < -0.39 is 24.0 Å². The number of halogens is 1. The Labute approximate surface area is 167 Å². The first kappa shape index (κ1) is 23.2. The fraction of sp³-hybridized carbons (Fsp3) is 0.263. The maximum atomic E-state index is 10.4.